The molecule has 0 bridgehead atoms. The first-order valence-corrected chi connectivity index (χ1v) is 4.32. The zero-order valence-electron chi connectivity index (χ0n) is 7.78. The highest BCUT2D eigenvalue weighted by Gasteiger charge is 2.25. The van der Waals surface area contributed by atoms with Crippen LogP contribution in [0.2, 0.25) is 0 Å². The first-order chi connectivity index (χ1) is 6.06. The van der Waals surface area contributed by atoms with Crippen molar-refractivity contribution in [3.05, 3.63) is 0 Å². The van der Waals surface area contributed by atoms with Crippen molar-refractivity contribution in [1.82, 2.24) is 5.32 Å². The summed E-state index contributed by atoms with van der Waals surface area (Å²) in [5.41, 5.74) is 0. The molecule has 1 N–H and O–H groups in total. The summed E-state index contributed by atoms with van der Waals surface area (Å²) in [5, 5.41) is 2.98. The topological polar surface area (TPSA) is 21.3 Å². The van der Waals surface area contributed by atoms with Crippen LogP contribution in [0.4, 0.5) is 13.2 Å². The number of hydrogen-bond acceptors (Lipinski definition) is 2. The van der Waals surface area contributed by atoms with E-state index in [-0.39, 0.29) is 6.42 Å². The van der Waals surface area contributed by atoms with E-state index in [1.54, 1.807) is 7.11 Å². The first-order valence-electron chi connectivity index (χ1n) is 4.32. The summed E-state index contributed by atoms with van der Waals surface area (Å²) in [6.45, 7) is 1.92. The van der Waals surface area contributed by atoms with E-state index >= 15 is 0 Å². The van der Waals surface area contributed by atoms with E-state index in [1.807, 2.05) is 0 Å². The second kappa shape index (κ2) is 7.15. The molecule has 0 aromatic rings. The van der Waals surface area contributed by atoms with Crippen LogP contribution >= 0.6 is 0 Å². The monoisotopic (exact) mass is 199 g/mol. The molecule has 0 rings (SSSR count). The number of nitrogens with one attached hydrogen (secondary N) is 1. The molecule has 0 unspecified atom stereocenters. The maximum Gasteiger partial charge on any atom is 0.389 e. The molecule has 0 aliphatic rings. The number of rotatable bonds is 7. The second-order valence-electron chi connectivity index (χ2n) is 2.82. The smallest absolute Gasteiger partial charge is 0.383 e. The molecule has 13 heavy (non-hydrogen) atoms. The third kappa shape index (κ3) is 11.7. The molecule has 0 radical (unpaired) electrons. The van der Waals surface area contributed by atoms with Crippen molar-refractivity contribution in [1.29, 1.82) is 0 Å². The number of alkyl halides is 3. The molecule has 0 aliphatic carbocycles. The summed E-state index contributed by atoms with van der Waals surface area (Å²) in [5.74, 6) is 0. The zero-order chi connectivity index (χ0) is 10.2. The Bertz CT molecular complexity index is 116. The van der Waals surface area contributed by atoms with Crippen LogP contribution in [0.25, 0.3) is 0 Å². The Morgan fingerprint density at radius 1 is 1.15 bits per heavy atom. The summed E-state index contributed by atoms with van der Waals surface area (Å²) < 4.78 is 39.7. The van der Waals surface area contributed by atoms with Gasteiger partial charge in [-0.15, -0.1) is 0 Å². The fourth-order valence-corrected chi connectivity index (χ4v) is 0.875. The Morgan fingerprint density at radius 3 is 2.38 bits per heavy atom. The Morgan fingerprint density at radius 2 is 1.85 bits per heavy atom. The van der Waals surface area contributed by atoms with Gasteiger partial charge in [0.1, 0.15) is 0 Å². The lowest BCUT2D eigenvalue weighted by atomic mass is 10.2. The van der Waals surface area contributed by atoms with Gasteiger partial charge < -0.3 is 10.1 Å². The summed E-state index contributed by atoms with van der Waals surface area (Å²) in [4.78, 5) is 0. The van der Waals surface area contributed by atoms with E-state index in [0.29, 0.717) is 26.1 Å². The van der Waals surface area contributed by atoms with Crippen molar-refractivity contribution in [3.8, 4) is 0 Å². The van der Waals surface area contributed by atoms with Gasteiger partial charge in [0.05, 0.1) is 6.61 Å². The van der Waals surface area contributed by atoms with Gasteiger partial charge >= 0.3 is 6.18 Å². The van der Waals surface area contributed by atoms with E-state index in [0.717, 1.165) is 0 Å². The van der Waals surface area contributed by atoms with E-state index in [2.05, 4.69) is 5.32 Å². The highest BCUT2D eigenvalue weighted by Crippen LogP contribution is 2.21. The van der Waals surface area contributed by atoms with Gasteiger partial charge in [0, 0.05) is 20.1 Å². The molecule has 0 aromatic heterocycles. The van der Waals surface area contributed by atoms with Crippen LogP contribution < -0.4 is 5.32 Å². The minimum atomic E-state index is -4.01. The van der Waals surface area contributed by atoms with Crippen molar-refractivity contribution in [2.75, 3.05) is 26.8 Å². The first kappa shape index (κ1) is 12.7. The van der Waals surface area contributed by atoms with Gasteiger partial charge in [0.2, 0.25) is 0 Å². The normalized spacial score (nSPS) is 12.0. The van der Waals surface area contributed by atoms with Crippen LogP contribution in [0.5, 0.6) is 0 Å². The number of methoxy groups -OCH3 is 1. The third-order valence-electron chi connectivity index (χ3n) is 1.55. The average Bonchev–Trinajstić information content (AvgIpc) is 2.01. The Balaban J connectivity index is 3.00. The molecular weight excluding hydrogens is 183 g/mol. The van der Waals surface area contributed by atoms with Gasteiger partial charge in [0.15, 0.2) is 0 Å². The maximum atomic E-state index is 11.6. The lowest BCUT2D eigenvalue weighted by Crippen LogP contribution is -2.20. The molecule has 0 aliphatic heterocycles. The lowest BCUT2D eigenvalue weighted by Gasteiger charge is -2.06. The lowest BCUT2D eigenvalue weighted by molar-refractivity contribution is -0.135. The van der Waals surface area contributed by atoms with E-state index < -0.39 is 12.6 Å². The molecule has 0 amide bonds. The van der Waals surface area contributed by atoms with Crippen molar-refractivity contribution in [2.24, 2.45) is 0 Å². The summed E-state index contributed by atoms with van der Waals surface area (Å²) >= 11 is 0. The van der Waals surface area contributed by atoms with Gasteiger partial charge in [-0.25, -0.2) is 0 Å². The number of halogens is 3. The fourth-order valence-electron chi connectivity index (χ4n) is 0.875. The highest BCUT2D eigenvalue weighted by atomic mass is 19.4. The van der Waals surface area contributed by atoms with Gasteiger partial charge in [0.25, 0.3) is 0 Å². The van der Waals surface area contributed by atoms with Gasteiger partial charge in [-0.05, 0) is 19.4 Å². The molecule has 0 saturated heterocycles. The summed E-state index contributed by atoms with van der Waals surface area (Å²) in [6, 6.07) is 0. The Kier molecular flexibility index (Phi) is 6.99. The van der Waals surface area contributed by atoms with Crippen LogP contribution in [0.15, 0.2) is 0 Å². The summed E-state index contributed by atoms with van der Waals surface area (Å²) in [6.07, 6.45) is -3.93. The van der Waals surface area contributed by atoms with Gasteiger partial charge in [-0.1, -0.05) is 0 Å². The summed E-state index contributed by atoms with van der Waals surface area (Å²) in [7, 11) is 1.59. The Labute approximate surface area is 76.5 Å². The largest absolute Gasteiger partial charge is 0.389 e. The average molecular weight is 199 g/mol. The second-order valence-corrected chi connectivity index (χ2v) is 2.82. The molecule has 2 nitrogen and oxygen atoms in total. The van der Waals surface area contributed by atoms with Crippen molar-refractivity contribution < 1.29 is 17.9 Å². The molecule has 5 heteroatoms. The number of ether oxygens (including phenoxy) is 1. The van der Waals surface area contributed by atoms with Gasteiger partial charge in [-0.3, -0.25) is 0 Å². The van der Waals surface area contributed by atoms with Crippen LogP contribution in [0.3, 0.4) is 0 Å². The van der Waals surface area contributed by atoms with Gasteiger partial charge in [-0.2, -0.15) is 13.2 Å². The van der Waals surface area contributed by atoms with Crippen LogP contribution in [-0.4, -0.2) is 33.0 Å². The molecule has 0 saturated carbocycles. The number of hydrogen-bond donors (Lipinski definition) is 1. The minimum Gasteiger partial charge on any atom is -0.383 e. The standard InChI is InChI=1S/C8H16F3NO/c1-13-7-6-12-5-3-2-4-8(9,10)11/h12H,2-7H2,1H3. The molecule has 0 heterocycles. The fraction of sp³-hybridized carbons (Fsp3) is 1.00. The van der Waals surface area contributed by atoms with Crippen molar-refractivity contribution in [3.63, 3.8) is 0 Å². The highest BCUT2D eigenvalue weighted by molar-refractivity contribution is 4.53. The predicted octanol–water partition coefficient (Wildman–Crippen LogP) is 1.95. The van der Waals surface area contributed by atoms with E-state index in [1.165, 1.54) is 0 Å². The van der Waals surface area contributed by atoms with E-state index in [9.17, 15) is 13.2 Å². The SMILES string of the molecule is COCCNCCCCC(F)(F)F. The molecule has 0 atom stereocenters. The predicted molar refractivity (Wildman–Crippen MR) is 44.7 cm³/mol. The minimum absolute atomic E-state index is 0.198. The Hall–Kier alpha value is -0.290. The van der Waals surface area contributed by atoms with Crippen LogP contribution in [-0.2, 0) is 4.74 Å². The van der Waals surface area contributed by atoms with Crippen LogP contribution in [0.1, 0.15) is 19.3 Å². The quantitative estimate of drug-likeness (QED) is 0.633. The van der Waals surface area contributed by atoms with Crippen molar-refractivity contribution >= 4 is 0 Å². The zero-order valence-corrected chi connectivity index (χ0v) is 7.78. The maximum absolute atomic E-state index is 11.6. The third-order valence-corrected chi connectivity index (χ3v) is 1.55. The number of unbranched alkanes of at least 4 members (excludes halogenated alkanes) is 1. The molecule has 0 spiro atoms. The molecule has 0 fully saturated rings. The van der Waals surface area contributed by atoms with Crippen LogP contribution in [0, 0.1) is 0 Å². The molecular formula is C8H16F3NO. The van der Waals surface area contributed by atoms with E-state index in [4.69, 9.17) is 4.74 Å². The molecule has 80 valence electrons. The van der Waals surface area contributed by atoms with Crippen molar-refractivity contribution in [2.45, 2.75) is 25.4 Å². The molecule has 0 aromatic carbocycles.